The van der Waals surface area contributed by atoms with Crippen molar-refractivity contribution in [1.82, 2.24) is 0 Å². The molecule has 190 valence electrons. The molecule has 0 saturated carbocycles. The minimum absolute atomic E-state index is 0.829. The average Bonchev–Trinajstić information content (AvgIpc) is 2.83. The molecule has 3 aliphatic rings. The molecule has 3 aliphatic heterocycles. The Balaban J connectivity index is 2.87. The fraction of sp³-hybridized carbons (Fsp3) is 1.00. The van der Waals surface area contributed by atoms with Crippen LogP contribution < -0.4 is 0 Å². The normalized spacial score (nSPS) is 28.7. The third kappa shape index (κ3) is 4.04. The predicted octanol–water partition coefficient (Wildman–Crippen LogP) is 10.5. The molecule has 0 atom stereocenters. The topological polar surface area (TPSA) is 0 Å². The van der Waals surface area contributed by atoms with Gasteiger partial charge in [-0.1, -0.05) is 0 Å². The van der Waals surface area contributed by atoms with E-state index < -0.39 is 68.1 Å². The maximum absolute atomic E-state index is 2.94. The number of rotatable bonds is 8. The fourth-order valence-electron chi connectivity index (χ4n) is 10.5. The molecule has 0 amide bonds. The maximum atomic E-state index is 2.94. The second-order valence-electron chi connectivity index (χ2n) is 16.5. The van der Waals surface area contributed by atoms with Crippen molar-refractivity contribution >= 4 is 103 Å². The van der Waals surface area contributed by atoms with Crippen LogP contribution in [-0.4, -0.2) is 68.1 Å². The minimum atomic E-state index is -2.19. The summed E-state index contributed by atoms with van der Waals surface area (Å²) in [5, 5.41) is 0. The van der Waals surface area contributed by atoms with Gasteiger partial charge >= 0.3 is 227 Å². The van der Waals surface area contributed by atoms with Crippen molar-refractivity contribution in [3.05, 3.63) is 0 Å². The average molecular weight is 737 g/mol. The van der Waals surface area contributed by atoms with Gasteiger partial charge in [0.05, 0.1) is 0 Å². The van der Waals surface area contributed by atoms with E-state index in [2.05, 4.69) is 153 Å². The summed E-state index contributed by atoms with van der Waals surface area (Å²) in [4.78, 5) is 0. The van der Waals surface area contributed by atoms with E-state index in [1.54, 1.807) is 0 Å². The van der Waals surface area contributed by atoms with Crippen molar-refractivity contribution in [3.63, 3.8) is 0 Å². The summed E-state index contributed by atoms with van der Waals surface area (Å²) in [6.45, 7) is 50.6. The Bertz CT molecular complexity index is 611. The van der Waals surface area contributed by atoms with Crippen LogP contribution in [0.4, 0.5) is 0 Å². The van der Waals surface area contributed by atoms with E-state index in [-0.39, 0.29) is 0 Å². The van der Waals surface area contributed by atoms with Gasteiger partial charge in [0, 0.05) is 0 Å². The summed E-state index contributed by atoms with van der Waals surface area (Å²) < 4.78 is 1.66. The first-order valence-electron chi connectivity index (χ1n) is 12.4. The van der Waals surface area contributed by atoms with Crippen LogP contribution in [-0.2, 0) is 0 Å². The third-order valence-corrected chi connectivity index (χ3v) is 249. The zero-order valence-corrected chi connectivity index (χ0v) is 38.1. The van der Waals surface area contributed by atoms with Crippen molar-refractivity contribution in [2.24, 2.45) is 0 Å². The molecule has 3 heterocycles. The Labute approximate surface area is 224 Å². The molecular weight excluding hydrogens is 682 g/mol. The van der Waals surface area contributed by atoms with Crippen LogP contribution in [0, 0.1) is 0 Å². The van der Waals surface area contributed by atoms with Crippen molar-refractivity contribution in [2.45, 2.75) is 124 Å². The molecule has 0 spiro atoms. The molecule has 0 unspecified atom stereocenters. The van der Waals surface area contributed by atoms with Gasteiger partial charge in [-0.3, -0.25) is 0 Å². The SMILES string of the molecule is C[Si](C)(C)[C]([Si](C)(C)C)([Si](C)(C)C)[Ge]12[S][S][Ge]([C]([Si](C)(C)C)([Si](C)(C)C)[Si](C)(C)C)([S]1)[S]2. The van der Waals surface area contributed by atoms with Gasteiger partial charge in [0.1, 0.15) is 0 Å². The van der Waals surface area contributed by atoms with Gasteiger partial charge < -0.3 is 0 Å². The number of hydrogen-bond donors (Lipinski definition) is 0. The van der Waals surface area contributed by atoms with Crippen molar-refractivity contribution < 1.29 is 0 Å². The second-order valence-corrected chi connectivity index (χ2v) is 116. The van der Waals surface area contributed by atoms with Gasteiger partial charge in [0.15, 0.2) is 0 Å². The Hall–Kier alpha value is 3.79. The molecule has 0 aliphatic carbocycles. The molecule has 2 bridgehead atoms. The van der Waals surface area contributed by atoms with Crippen molar-refractivity contribution in [2.75, 3.05) is 0 Å². The summed E-state index contributed by atoms with van der Waals surface area (Å²) in [7, 11) is -1.23. The van der Waals surface area contributed by atoms with Gasteiger partial charge in [-0.15, -0.1) is 0 Å². The zero-order chi connectivity index (χ0) is 25.8. The van der Waals surface area contributed by atoms with Crippen molar-refractivity contribution in [1.29, 1.82) is 0 Å². The summed E-state index contributed by atoms with van der Waals surface area (Å²) >= 11 is 0. The van der Waals surface area contributed by atoms with Crippen LogP contribution in [0.25, 0.3) is 0 Å². The second kappa shape index (κ2) is 8.64. The summed E-state index contributed by atoms with van der Waals surface area (Å²) in [5.41, 5.74) is 0. The van der Waals surface area contributed by atoms with Gasteiger partial charge in [-0.05, 0) is 0 Å². The molecule has 32 heavy (non-hydrogen) atoms. The third-order valence-electron chi connectivity index (χ3n) is 8.47. The predicted molar refractivity (Wildman–Crippen MR) is 187 cm³/mol. The van der Waals surface area contributed by atoms with E-state index in [4.69, 9.17) is 0 Å². The first-order chi connectivity index (χ1) is 13.6. The van der Waals surface area contributed by atoms with Gasteiger partial charge in [0.2, 0.25) is 0 Å². The fourth-order valence-corrected chi connectivity index (χ4v) is 520. The molecule has 3 saturated heterocycles. The zero-order valence-electron chi connectivity index (χ0n) is 24.6. The Kier molecular flexibility index (Phi) is 8.64. The standard InChI is InChI=1S/C20H54Ge2S4Si6/c1-27(2,3)19(28(4,5)6,29(7,8)9)21-23-22(24-21,26-25-21)20(30(10,11)12,31(13,14)15)32(16,17)18/h1-18H3. The molecule has 0 aromatic rings. The monoisotopic (exact) mass is 738 g/mol. The van der Waals surface area contributed by atoms with Crippen LogP contribution in [0.15, 0.2) is 0 Å². The molecule has 12 heteroatoms. The first kappa shape index (κ1) is 32.0. The molecule has 0 nitrogen and oxygen atoms in total. The van der Waals surface area contributed by atoms with Crippen LogP contribution in [0.1, 0.15) is 0 Å². The number of fused-ring (bicyclic) bond motifs is 1. The molecule has 3 rings (SSSR count). The van der Waals surface area contributed by atoms with E-state index in [0.717, 1.165) is 6.23 Å². The molecule has 3 fully saturated rings. The Morgan fingerprint density at radius 3 is 0.625 bits per heavy atom. The van der Waals surface area contributed by atoms with Gasteiger partial charge in [-0.2, -0.15) is 0 Å². The van der Waals surface area contributed by atoms with E-state index in [1.165, 1.54) is 0 Å². The Morgan fingerprint density at radius 1 is 0.344 bits per heavy atom. The van der Waals surface area contributed by atoms with Crippen LogP contribution >= 0.6 is 35.1 Å². The van der Waals surface area contributed by atoms with E-state index in [0.29, 0.717) is 0 Å². The first-order valence-corrected chi connectivity index (χ1v) is 54.7. The van der Waals surface area contributed by atoms with E-state index in [1.807, 2.05) is 0 Å². The van der Waals surface area contributed by atoms with Crippen LogP contribution in [0.3, 0.4) is 0 Å². The summed E-state index contributed by atoms with van der Waals surface area (Å²) in [6, 6.07) is 0. The molecule has 0 aromatic carbocycles. The van der Waals surface area contributed by atoms with Crippen LogP contribution in [0.5, 0.6) is 0 Å². The Morgan fingerprint density at radius 2 is 0.500 bits per heavy atom. The summed E-state index contributed by atoms with van der Waals surface area (Å²) in [5.74, 6) is 0. The van der Waals surface area contributed by atoms with Crippen LogP contribution in [0.2, 0.25) is 124 Å². The van der Waals surface area contributed by atoms with Crippen molar-refractivity contribution in [3.8, 4) is 0 Å². The summed E-state index contributed by atoms with van der Waals surface area (Å²) in [6.07, 6.45) is 0. The quantitative estimate of drug-likeness (QED) is 0.180. The molecule has 0 radical (unpaired) electrons. The molecular formula is C20H54Ge2S4Si6. The van der Waals surface area contributed by atoms with Gasteiger partial charge in [0.25, 0.3) is 0 Å². The van der Waals surface area contributed by atoms with Gasteiger partial charge in [-0.25, -0.2) is 0 Å². The van der Waals surface area contributed by atoms with E-state index in [9.17, 15) is 0 Å². The molecule has 0 aromatic heterocycles. The van der Waals surface area contributed by atoms with E-state index >= 15 is 0 Å². The number of hydrogen-bond acceptors (Lipinski definition) is 4. The molecule has 0 N–H and O–H groups in total.